The molecule has 0 unspecified atom stereocenters. The third-order valence-corrected chi connectivity index (χ3v) is 8.32. The summed E-state index contributed by atoms with van der Waals surface area (Å²) in [6.45, 7) is 9.00. The molecule has 0 aliphatic carbocycles. The molecule has 0 bridgehead atoms. The van der Waals surface area contributed by atoms with E-state index in [1.165, 1.54) is 17.0 Å². The summed E-state index contributed by atoms with van der Waals surface area (Å²) in [4.78, 5) is 28.3. The van der Waals surface area contributed by atoms with Gasteiger partial charge in [-0.15, -0.1) is 0 Å². The molecule has 1 atom stereocenters. The summed E-state index contributed by atoms with van der Waals surface area (Å²) in [5.74, 6) is -0.596. The molecule has 3 rings (SSSR count). The molecule has 1 N–H and O–H groups in total. The first-order valence-electron chi connectivity index (χ1n) is 12.9. The molecule has 0 saturated heterocycles. The van der Waals surface area contributed by atoms with Gasteiger partial charge in [0.25, 0.3) is 10.0 Å². The maximum Gasteiger partial charge on any atom is 0.264 e. The molecule has 0 spiro atoms. The van der Waals surface area contributed by atoms with Crippen LogP contribution in [0.5, 0.6) is 0 Å². The van der Waals surface area contributed by atoms with Gasteiger partial charge >= 0.3 is 0 Å². The van der Waals surface area contributed by atoms with Crippen molar-refractivity contribution in [2.75, 3.05) is 10.8 Å². The highest BCUT2D eigenvalue weighted by atomic mass is 35.5. The second-order valence-corrected chi connectivity index (χ2v) is 12.4. The summed E-state index contributed by atoms with van der Waals surface area (Å²) >= 11 is 6.18. The third-order valence-electron chi connectivity index (χ3n) is 6.30. The molecule has 0 radical (unpaired) electrons. The molecule has 7 nitrogen and oxygen atoms in total. The van der Waals surface area contributed by atoms with Crippen LogP contribution in [-0.2, 0) is 26.2 Å². The van der Waals surface area contributed by atoms with Crippen molar-refractivity contribution in [1.82, 2.24) is 10.2 Å². The predicted octanol–water partition coefficient (Wildman–Crippen LogP) is 5.60. The molecule has 0 heterocycles. The number of nitrogens with one attached hydrogen (secondary N) is 1. The Bertz CT molecular complexity index is 1380. The highest BCUT2D eigenvalue weighted by molar-refractivity contribution is 7.92. The highest BCUT2D eigenvalue weighted by Gasteiger charge is 2.32. The van der Waals surface area contributed by atoms with E-state index in [0.717, 1.165) is 15.4 Å². The maximum atomic E-state index is 13.9. The summed E-state index contributed by atoms with van der Waals surface area (Å²) in [5.41, 5.74) is 2.13. The Morgan fingerprint density at radius 1 is 0.872 bits per heavy atom. The normalized spacial score (nSPS) is 12.3. The van der Waals surface area contributed by atoms with E-state index in [0.29, 0.717) is 10.7 Å². The Morgan fingerprint density at radius 2 is 1.51 bits per heavy atom. The van der Waals surface area contributed by atoms with E-state index in [9.17, 15) is 18.0 Å². The lowest BCUT2D eigenvalue weighted by Gasteiger charge is -2.32. The molecule has 0 aromatic heterocycles. The van der Waals surface area contributed by atoms with Gasteiger partial charge in [-0.2, -0.15) is 0 Å². The molecule has 2 amide bonds. The summed E-state index contributed by atoms with van der Waals surface area (Å²) in [6.07, 6.45) is 0. The van der Waals surface area contributed by atoms with Crippen LogP contribution in [0, 0.1) is 0 Å². The maximum absolute atomic E-state index is 13.9. The van der Waals surface area contributed by atoms with E-state index in [1.807, 2.05) is 45.9 Å². The van der Waals surface area contributed by atoms with E-state index in [-0.39, 0.29) is 29.3 Å². The zero-order chi connectivity index (χ0) is 28.7. The fourth-order valence-corrected chi connectivity index (χ4v) is 5.74. The fourth-order valence-electron chi connectivity index (χ4n) is 4.09. The molecule has 3 aromatic carbocycles. The zero-order valence-electron chi connectivity index (χ0n) is 23.0. The molecular weight excluding hydrogens is 534 g/mol. The minimum absolute atomic E-state index is 0.0673. The average Bonchev–Trinajstić information content (AvgIpc) is 2.90. The van der Waals surface area contributed by atoms with E-state index >= 15 is 0 Å². The van der Waals surface area contributed by atoms with Crippen molar-refractivity contribution in [3.8, 4) is 0 Å². The summed E-state index contributed by atoms with van der Waals surface area (Å²) in [7, 11) is -4.10. The second kappa shape index (κ2) is 13.1. The van der Waals surface area contributed by atoms with E-state index in [1.54, 1.807) is 55.5 Å². The van der Waals surface area contributed by atoms with E-state index in [4.69, 9.17) is 11.6 Å². The Balaban J connectivity index is 2.03. The predicted molar refractivity (Wildman–Crippen MR) is 156 cm³/mol. The Labute approximate surface area is 236 Å². The van der Waals surface area contributed by atoms with Gasteiger partial charge in [0, 0.05) is 17.6 Å². The summed E-state index contributed by atoms with van der Waals surface area (Å²) in [5, 5.41) is 3.34. The van der Waals surface area contributed by atoms with Gasteiger partial charge in [-0.25, -0.2) is 8.42 Å². The summed E-state index contributed by atoms with van der Waals surface area (Å²) in [6, 6.07) is 21.2. The smallest absolute Gasteiger partial charge is 0.264 e. The van der Waals surface area contributed by atoms with Crippen LogP contribution in [0.2, 0.25) is 5.02 Å². The van der Waals surface area contributed by atoms with Crippen molar-refractivity contribution >= 4 is 39.1 Å². The molecule has 0 aliphatic rings. The molecule has 208 valence electrons. The van der Waals surface area contributed by atoms with Crippen LogP contribution in [0.1, 0.15) is 51.7 Å². The van der Waals surface area contributed by atoms with Crippen molar-refractivity contribution in [2.24, 2.45) is 0 Å². The van der Waals surface area contributed by atoms with Gasteiger partial charge in [0.05, 0.1) is 10.6 Å². The third kappa shape index (κ3) is 7.83. The van der Waals surface area contributed by atoms with Gasteiger partial charge < -0.3 is 10.2 Å². The lowest BCUT2D eigenvalue weighted by Crippen LogP contribution is -2.52. The van der Waals surface area contributed by atoms with Crippen LogP contribution in [0.25, 0.3) is 0 Å². The number of hydrogen-bond acceptors (Lipinski definition) is 4. The molecule has 0 aliphatic heterocycles. The first kappa shape index (κ1) is 30.2. The lowest BCUT2D eigenvalue weighted by atomic mass is 10.0. The first-order valence-corrected chi connectivity index (χ1v) is 14.7. The van der Waals surface area contributed by atoms with Gasteiger partial charge in [-0.05, 0) is 74.2 Å². The van der Waals surface area contributed by atoms with Crippen LogP contribution in [0.15, 0.2) is 83.8 Å². The van der Waals surface area contributed by atoms with Gasteiger partial charge in [0.1, 0.15) is 12.6 Å². The SMILES string of the molecule is CC(C)NC(=O)[C@H](C)N(Cc1cccc(Cl)c1)C(=O)CN(c1ccc(C(C)C)cc1)S(=O)(=O)c1ccccc1. The van der Waals surface area contributed by atoms with Gasteiger partial charge in [-0.3, -0.25) is 13.9 Å². The largest absolute Gasteiger partial charge is 0.352 e. The summed E-state index contributed by atoms with van der Waals surface area (Å²) < 4.78 is 28.7. The molecule has 0 saturated carbocycles. The Kier molecular flexibility index (Phi) is 10.2. The highest BCUT2D eigenvalue weighted by Crippen LogP contribution is 2.26. The van der Waals surface area contributed by atoms with Crippen LogP contribution in [0.4, 0.5) is 5.69 Å². The van der Waals surface area contributed by atoms with Gasteiger partial charge in [-0.1, -0.05) is 67.9 Å². The van der Waals surface area contributed by atoms with Crippen LogP contribution in [-0.4, -0.2) is 43.8 Å². The molecule has 0 fully saturated rings. The van der Waals surface area contributed by atoms with Gasteiger partial charge in [0.2, 0.25) is 11.8 Å². The molecule has 39 heavy (non-hydrogen) atoms. The Hall–Kier alpha value is -3.36. The second-order valence-electron chi connectivity index (χ2n) is 10.1. The minimum Gasteiger partial charge on any atom is -0.352 e. The number of carbonyl (C=O) groups excluding carboxylic acids is 2. The standard InChI is InChI=1S/C30H36ClN3O4S/c1-21(2)25-14-16-27(17-15-25)34(39(37,38)28-12-7-6-8-13-28)20-29(35)33(23(5)30(36)32-22(3)4)19-24-10-9-11-26(31)18-24/h6-18,21-23H,19-20H2,1-5H3,(H,32,36)/t23-/m0/s1. The van der Waals surface area contributed by atoms with Crippen LogP contribution < -0.4 is 9.62 Å². The van der Waals surface area contributed by atoms with Crippen molar-refractivity contribution in [1.29, 1.82) is 0 Å². The number of rotatable bonds is 11. The van der Waals surface area contributed by atoms with Gasteiger partial charge in [0.15, 0.2) is 0 Å². The number of carbonyl (C=O) groups is 2. The lowest BCUT2D eigenvalue weighted by molar-refractivity contribution is -0.139. The van der Waals surface area contributed by atoms with Crippen molar-refractivity contribution in [2.45, 2.75) is 64.1 Å². The van der Waals surface area contributed by atoms with E-state index in [2.05, 4.69) is 5.32 Å². The van der Waals surface area contributed by atoms with Crippen molar-refractivity contribution < 1.29 is 18.0 Å². The average molecular weight is 570 g/mol. The van der Waals surface area contributed by atoms with Crippen LogP contribution in [0.3, 0.4) is 0 Å². The number of hydrogen-bond donors (Lipinski definition) is 1. The zero-order valence-corrected chi connectivity index (χ0v) is 24.5. The molecule has 9 heteroatoms. The van der Waals surface area contributed by atoms with Crippen molar-refractivity contribution in [3.63, 3.8) is 0 Å². The first-order chi connectivity index (χ1) is 18.4. The number of anilines is 1. The number of halogens is 1. The topological polar surface area (TPSA) is 86.8 Å². The number of benzene rings is 3. The fraction of sp³-hybridized carbons (Fsp3) is 0.333. The monoisotopic (exact) mass is 569 g/mol. The Morgan fingerprint density at radius 3 is 2.08 bits per heavy atom. The number of amides is 2. The quantitative estimate of drug-likeness (QED) is 0.326. The minimum atomic E-state index is -4.10. The number of nitrogens with zero attached hydrogens (tertiary/aromatic N) is 2. The molecule has 3 aromatic rings. The van der Waals surface area contributed by atoms with Crippen LogP contribution >= 0.6 is 11.6 Å². The van der Waals surface area contributed by atoms with E-state index < -0.39 is 28.5 Å². The van der Waals surface area contributed by atoms with Crippen molar-refractivity contribution in [3.05, 3.63) is 95.0 Å². The molecular formula is C30H36ClN3O4S. The number of sulfonamides is 1.